The van der Waals surface area contributed by atoms with Crippen LogP contribution in [0.5, 0.6) is 11.5 Å². The molecule has 0 bridgehead atoms. The number of rotatable bonds is 5. The Kier molecular flexibility index (Phi) is 5.02. The zero-order valence-corrected chi connectivity index (χ0v) is 12.2. The van der Waals surface area contributed by atoms with E-state index in [-0.39, 0.29) is 0 Å². The molecule has 4 heteroatoms. The molecule has 0 radical (unpaired) electrons. The van der Waals surface area contributed by atoms with Crippen LogP contribution in [0.1, 0.15) is 12.5 Å². The average Bonchev–Trinajstić information content (AvgIpc) is 2.46. The van der Waals surface area contributed by atoms with Gasteiger partial charge in [-0.1, -0.05) is 29.8 Å². The van der Waals surface area contributed by atoms with Gasteiger partial charge < -0.3 is 9.47 Å². The fourth-order valence-corrected chi connectivity index (χ4v) is 2.08. The molecule has 0 amide bonds. The predicted molar refractivity (Wildman–Crippen MR) is 82.9 cm³/mol. The number of nitrogens with zero attached hydrogens (tertiary/aromatic N) is 1. The van der Waals surface area contributed by atoms with Crippen LogP contribution in [-0.4, -0.2) is 19.9 Å². The van der Waals surface area contributed by atoms with Gasteiger partial charge in [0.1, 0.15) is 0 Å². The first-order chi connectivity index (χ1) is 9.74. The van der Waals surface area contributed by atoms with Gasteiger partial charge in [-0.2, -0.15) is 0 Å². The number of benzene rings is 2. The monoisotopic (exact) mass is 289 g/mol. The summed E-state index contributed by atoms with van der Waals surface area (Å²) in [5.41, 5.74) is 1.75. The summed E-state index contributed by atoms with van der Waals surface area (Å²) in [5.74, 6) is 1.17. The third-order valence-corrected chi connectivity index (χ3v) is 2.94. The van der Waals surface area contributed by atoms with Crippen LogP contribution in [-0.2, 0) is 0 Å². The molecule has 3 nitrogen and oxygen atoms in total. The zero-order chi connectivity index (χ0) is 14.4. The Balaban J connectivity index is 2.31. The molecule has 0 aliphatic heterocycles. The van der Waals surface area contributed by atoms with Crippen LogP contribution in [0.4, 0.5) is 5.69 Å². The highest BCUT2D eigenvalue weighted by Gasteiger charge is 2.10. The second-order valence-corrected chi connectivity index (χ2v) is 4.47. The number of ether oxygens (including phenoxy) is 2. The summed E-state index contributed by atoms with van der Waals surface area (Å²) in [6.45, 7) is 2.46. The fraction of sp³-hybridized carbons (Fsp3) is 0.188. The lowest BCUT2D eigenvalue weighted by atomic mass is 10.2. The van der Waals surface area contributed by atoms with Crippen LogP contribution in [0.15, 0.2) is 47.5 Å². The third-order valence-electron chi connectivity index (χ3n) is 2.65. The Morgan fingerprint density at radius 2 is 1.95 bits per heavy atom. The first-order valence-electron chi connectivity index (χ1n) is 6.34. The minimum absolute atomic E-state index is 0.507. The minimum Gasteiger partial charge on any atom is -0.491 e. The second kappa shape index (κ2) is 6.96. The Hall–Kier alpha value is -2.00. The van der Waals surface area contributed by atoms with Crippen LogP contribution in [0.2, 0.25) is 5.02 Å². The summed E-state index contributed by atoms with van der Waals surface area (Å²) < 4.78 is 10.8. The summed E-state index contributed by atoms with van der Waals surface area (Å²) in [6.07, 6.45) is 1.75. The van der Waals surface area contributed by atoms with E-state index in [9.17, 15) is 0 Å². The van der Waals surface area contributed by atoms with Gasteiger partial charge in [0.25, 0.3) is 0 Å². The molecule has 0 aromatic heterocycles. The van der Waals surface area contributed by atoms with E-state index < -0.39 is 0 Å². The van der Waals surface area contributed by atoms with Gasteiger partial charge in [-0.3, -0.25) is 4.99 Å². The largest absolute Gasteiger partial charge is 0.491 e. The SMILES string of the molecule is CCOc1cc(C=Nc2ccccc2)cc(Cl)c1OC. The van der Waals surface area contributed by atoms with Crippen molar-refractivity contribution < 1.29 is 9.47 Å². The molecule has 0 heterocycles. The van der Waals surface area contributed by atoms with E-state index in [1.165, 1.54) is 0 Å². The molecule has 0 saturated carbocycles. The maximum Gasteiger partial charge on any atom is 0.179 e. The molecule has 0 spiro atoms. The molecule has 20 heavy (non-hydrogen) atoms. The lowest BCUT2D eigenvalue weighted by Gasteiger charge is -2.11. The molecule has 0 aliphatic rings. The first kappa shape index (κ1) is 14.4. The van der Waals surface area contributed by atoms with E-state index in [4.69, 9.17) is 21.1 Å². The molecule has 0 N–H and O–H groups in total. The Morgan fingerprint density at radius 1 is 1.20 bits per heavy atom. The summed E-state index contributed by atoms with van der Waals surface area (Å²) in [5, 5.41) is 0.507. The number of methoxy groups -OCH3 is 1. The normalized spacial score (nSPS) is 10.8. The van der Waals surface area contributed by atoms with Crippen LogP contribution in [0.3, 0.4) is 0 Å². The Bertz CT molecular complexity index is 597. The Morgan fingerprint density at radius 3 is 2.60 bits per heavy atom. The van der Waals surface area contributed by atoms with Gasteiger partial charge in [0.15, 0.2) is 11.5 Å². The van der Waals surface area contributed by atoms with Crippen LogP contribution >= 0.6 is 11.6 Å². The molecule has 0 unspecified atom stereocenters. The molecule has 0 fully saturated rings. The average molecular weight is 290 g/mol. The third kappa shape index (κ3) is 3.52. The molecule has 0 atom stereocenters. The van der Waals surface area contributed by atoms with Crippen molar-refractivity contribution in [3.05, 3.63) is 53.1 Å². The number of halogens is 1. The number of hydrogen-bond donors (Lipinski definition) is 0. The fourth-order valence-electron chi connectivity index (χ4n) is 1.79. The van der Waals surface area contributed by atoms with E-state index in [1.807, 2.05) is 43.3 Å². The first-order valence-corrected chi connectivity index (χ1v) is 6.72. The lowest BCUT2D eigenvalue weighted by Crippen LogP contribution is -1.97. The highest BCUT2D eigenvalue weighted by molar-refractivity contribution is 6.32. The van der Waals surface area contributed by atoms with Crippen molar-refractivity contribution in [1.82, 2.24) is 0 Å². The van der Waals surface area contributed by atoms with Crippen molar-refractivity contribution in [2.45, 2.75) is 6.92 Å². The molecule has 2 aromatic rings. The van der Waals surface area contributed by atoms with E-state index in [0.29, 0.717) is 23.1 Å². The van der Waals surface area contributed by atoms with Gasteiger partial charge >= 0.3 is 0 Å². The molecule has 0 aliphatic carbocycles. The highest BCUT2D eigenvalue weighted by Crippen LogP contribution is 2.36. The molecular weight excluding hydrogens is 274 g/mol. The maximum absolute atomic E-state index is 6.19. The van der Waals surface area contributed by atoms with Crippen molar-refractivity contribution >= 4 is 23.5 Å². The number of para-hydroxylation sites is 1. The molecule has 2 aromatic carbocycles. The highest BCUT2D eigenvalue weighted by atomic mass is 35.5. The van der Waals surface area contributed by atoms with Crippen molar-refractivity contribution in [2.24, 2.45) is 4.99 Å². The number of aliphatic imine (C=N–C) groups is 1. The van der Waals surface area contributed by atoms with Gasteiger partial charge in [0.05, 0.1) is 24.4 Å². The summed E-state index contributed by atoms with van der Waals surface area (Å²) in [4.78, 5) is 4.39. The quantitative estimate of drug-likeness (QED) is 0.759. The van der Waals surface area contributed by atoms with E-state index in [1.54, 1.807) is 19.4 Å². The number of hydrogen-bond acceptors (Lipinski definition) is 3. The van der Waals surface area contributed by atoms with E-state index in [0.717, 1.165) is 11.3 Å². The maximum atomic E-state index is 6.19. The lowest BCUT2D eigenvalue weighted by molar-refractivity contribution is 0.311. The summed E-state index contributed by atoms with van der Waals surface area (Å²) in [7, 11) is 1.57. The van der Waals surface area contributed by atoms with Gasteiger partial charge in [-0.25, -0.2) is 0 Å². The van der Waals surface area contributed by atoms with Crippen LogP contribution < -0.4 is 9.47 Å². The van der Waals surface area contributed by atoms with Crippen molar-refractivity contribution in [2.75, 3.05) is 13.7 Å². The van der Waals surface area contributed by atoms with E-state index >= 15 is 0 Å². The minimum atomic E-state index is 0.507. The molecular formula is C16H16ClNO2. The van der Waals surface area contributed by atoms with Crippen LogP contribution in [0, 0.1) is 0 Å². The van der Waals surface area contributed by atoms with Gasteiger partial charge in [-0.15, -0.1) is 0 Å². The topological polar surface area (TPSA) is 30.8 Å². The van der Waals surface area contributed by atoms with Gasteiger partial charge in [0.2, 0.25) is 0 Å². The molecule has 2 rings (SSSR count). The second-order valence-electron chi connectivity index (χ2n) is 4.06. The van der Waals surface area contributed by atoms with Gasteiger partial charge in [0, 0.05) is 6.21 Å². The van der Waals surface area contributed by atoms with Gasteiger partial charge in [-0.05, 0) is 36.8 Å². The molecule has 0 saturated heterocycles. The van der Waals surface area contributed by atoms with Crippen molar-refractivity contribution in [3.8, 4) is 11.5 Å². The van der Waals surface area contributed by atoms with E-state index in [2.05, 4.69) is 4.99 Å². The Labute approximate surface area is 123 Å². The smallest absolute Gasteiger partial charge is 0.179 e. The summed E-state index contributed by atoms with van der Waals surface area (Å²) >= 11 is 6.19. The standard InChI is InChI=1S/C16H16ClNO2/c1-3-20-15-10-12(9-14(17)16(15)19-2)11-18-13-7-5-4-6-8-13/h4-11H,3H2,1-2H3. The van der Waals surface area contributed by atoms with Crippen LogP contribution in [0.25, 0.3) is 0 Å². The predicted octanol–water partition coefficient (Wildman–Crippen LogP) is 4.50. The zero-order valence-electron chi connectivity index (χ0n) is 11.5. The summed E-state index contributed by atoms with van der Waals surface area (Å²) in [6, 6.07) is 13.4. The van der Waals surface area contributed by atoms with Crippen molar-refractivity contribution in [3.63, 3.8) is 0 Å². The van der Waals surface area contributed by atoms with Crippen molar-refractivity contribution in [1.29, 1.82) is 0 Å². The molecule has 104 valence electrons.